The number of aliphatic carboxylic acids is 1. The predicted molar refractivity (Wildman–Crippen MR) is 103 cm³/mol. The maximum atomic E-state index is 12.9. The molecule has 30 heavy (non-hydrogen) atoms. The summed E-state index contributed by atoms with van der Waals surface area (Å²) in [6, 6.07) is 3.49. The number of carboxylic acid groups (broad SMARTS) is 1. The van der Waals surface area contributed by atoms with E-state index in [1.165, 1.54) is 18.5 Å². The van der Waals surface area contributed by atoms with Crippen molar-refractivity contribution in [3.8, 4) is 5.75 Å². The minimum absolute atomic E-state index is 0.0184. The van der Waals surface area contributed by atoms with Gasteiger partial charge in [-0.05, 0) is 24.1 Å². The molecular formula is C20H25N5O5. The molecule has 2 heterocycles. The number of imidazole rings is 1. The average molecular weight is 415 g/mol. The lowest BCUT2D eigenvalue weighted by molar-refractivity contribution is -0.657. The second kappa shape index (κ2) is 9.88. The fourth-order valence-corrected chi connectivity index (χ4v) is 3.45. The number of rotatable bonds is 9. The molecule has 0 spiro atoms. The van der Waals surface area contributed by atoms with Gasteiger partial charge >= 0.3 is 0 Å². The van der Waals surface area contributed by atoms with Gasteiger partial charge in [-0.2, -0.15) is 0 Å². The van der Waals surface area contributed by atoms with E-state index >= 15 is 0 Å². The van der Waals surface area contributed by atoms with E-state index in [1.54, 1.807) is 18.3 Å². The first-order valence-electron chi connectivity index (χ1n) is 9.82. The molecule has 0 aliphatic carbocycles. The largest absolute Gasteiger partial charge is 0.548 e. The Bertz CT molecular complexity index is 862. The summed E-state index contributed by atoms with van der Waals surface area (Å²) in [6.45, 7) is 0.856. The monoisotopic (exact) mass is 415 g/mol. The Balaban J connectivity index is 1.69. The van der Waals surface area contributed by atoms with Crippen LogP contribution in [0, 0.1) is 0 Å². The minimum atomic E-state index is -1.44. The second-order valence-electron chi connectivity index (χ2n) is 7.37. The SMILES string of the molecule is O=C([O-])[C@H](Cc1ccc(O)cc1)NC(=O)[C@H](Cc1cnc[nH]1)NC(=O)[C@@H]1CCC[NH2+]1. The highest BCUT2D eigenvalue weighted by Crippen LogP contribution is 2.11. The molecule has 1 fully saturated rings. The zero-order valence-corrected chi connectivity index (χ0v) is 16.3. The van der Waals surface area contributed by atoms with Gasteiger partial charge in [0.1, 0.15) is 11.8 Å². The number of nitrogens with two attached hydrogens (primary N) is 1. The molecule has 10 heteroatoms. The van der Waals surface area contributed by atoms with Crippen molar-refractivity contribution in [3.05, 3.63) is 48.0 Å². The summed E-state index contributed by atoms with van der Waals surface area (Å²) < 4.78 is 0. The summed E-state index contributed by atoms with van der Waals surface area (Å²) in [5.41, 5.74) is 1.24. The van der Waals surface area contributed by atoms with Crippen molar-refractivity contribution in [1.29, 1.82) is 0 Å². The molecule has 0 unspecified atom stereocenters. The number of hydrogen-bond acceptors (Lipinski definition) is 6. The Morgan fingerprint density at radius 2 is 1.97 bits per heavy atom. The van der Waals surface area contributed by atoms with Gasteiger partial charge in [-0.15, -0.1) is 0 Å². The number of quaternary nitrogens is 1. The second-order valence-corrected chi connectivity index (χ2v) is 7.37. The zero-order valence-electron chi connectivity index (χ0n) is 16.3. The fraction of sp³-hybridized carbons (Fsp3) is 0.400. The van der Waals surface area contributed by atoms with Crippen molar-refractivity contribution >= 4 is 17.8 Å². The van der Waals surface area contributed by atoms with E-state index in [2.05, 4.69) is 20.6 Å². The van der Waals surface area contributed by atoms with Crippen LogP contribution in [0.3, 0.4) is 0 Å². The van der Waals surface area contributed by atoms with Crippen LogP contribution in [0.5, 0.6) is 5.75 Å². The standard InChI is InChI=1S/C20H25N5O5/c26-14-5-3-12(4-6-14)8-17(20(29)30)25-19(28)16(9-13-10-21-11-23-13)24-18(27)15-2-1-7-22-15/h3-6,10-11,15-17,22,26H,1-2,7-9H2,(H,21,23)(H,24,27)(H,25,28)(H,29,30)/t15-,16-,17-/m0/s1. The van der Waals surface area contributed by atoms with Crippen LogP contribution in [0.2, 0.25) is 0 Å². The van der Waals surface area contributed by atoms with Crippen LogP contribution in [0.25, 0.3) is 0 Å². The third-order valence-electron chi connectivity index (χ3n) is 5.10. The molecule has 3 rings (SSSR count). The highest BCUT2D eigenvalue weighted by atomic mass is 16.4. The molecule has 1 saturated heterocycles. The number of amides is 2. The summed E-state index contributed by atoms with van der Waals surface area (Å²) in [7, 11) is 0. The first-order valence-corrected chi connectivity index (χ1v) is 9.82. The van der Waals surface area contributed by atoms with Crippen LogP contribution in [-0.4, -0.2) is 57.5 Å². The molecule has 10 nitrogen and oxygen atoms in total. The Labute approximate surface area is 173 Å². The van der Waals surface area contributed by atoms with Crippen LogP contribution >= 0.6 is 0 Å². The molecule has 1 aliphatic heterocycles. The number of aromatic nitrogens is 2. The lowest BCUT2D eigenvalue weighted by atomic mass is 10.0. The summed E-state index contributed by atoms with van der Waals surface area (Å²) in [4.78, 5) is 43.8. The number of aromatic amines is 1. The number of H-pyrrole nitrogens is 1. The number of phenolic OH excluding ortho intramolecular Hbond substituents is 1. The lowest BCUT2D eigenvalue weighted by Gasteiger charge is -2.24. The van der Waals surface area contributed by atoms with Gasteiger partial charge in [0.25, 0.3) is 5.91 Å². The van der Waals surface area contributed by atoms with Crippen molar-refractivity contribution in [3.63, 3.8) is 0 Å². The third kappa shape index (κ3) is 5.80. The molecule has 2 aromatic rings. The summed E-state index contributed by atoms with van der Waals surface area (Å²) in [5, 5.41) is 28.1. The number of carboxylic acids is 1. The van der Waals surface area contributed by atoms with Crippen LogP contribution in [0.15, 0.2) is 36.8 Å². The molecular weight excluding hydrogens is 390 g/mol. The van der Waals surface area contributed by atoms with Gasteiger partial charge in [-0.3, -0.25) is 9.59 Å². The Kier molecular flexibility index (Phi) is 7.02. The summed E-state index contributed by atoms with van der Waals surface area (Å²) in [6.07, 6.45) is 4.78. The van der Waals surface area contributed by atoms with Crippen molar-refractivity contribution in [2.75, 3.05) is 6.54 Å². The average Bonchev–Trinajstić information content (AvgIpc) is 3.42. The Morgan fingerprint density at radius 1 is 1.20 bits per heavy atom. The minimum Gasteiger partial charge on any atom is -0.548 e. The van der Waals surface area contributed by atoms with E-state index in [9.17, 15) is 24.6 Å². The van der Waals surface area contributed by atoms with Crippen molar-refractivity contribution in [2.45, 2.75) is 43.8 Å². The van der Waals surface area contributed by atoms with Gasteiger partial charge < -0.3 is 35.9 Å². The predicted octanol–water partition coefficient (Wildman–Crippen LogP) is -2.65. The van der Waals surface area contributed by atoms with E-state index in [-0.39, 0.29) is 30.5 Å². The maximum Gasteiger partial charge on any atom is 0.278 e. The molecule has 6 N–H and O–H groups in total. The number of aromatic hydroxyl groups is 1. The van der Waals surface area contributed by atoms with Crippen LogP contribution in [0.4, 0.5) is 0 Å². The summed E-state index contributed by atoms with van der Waals surface area (Å²) in [5.74, 6) is -2.26. The Hall–Kier alpha value is -3.40. The van der Waals surface area contributed by atoms with Gasteiger partial charge in [0.15, 0.2) is 6.04 Å². The number of nitrogens with one attached hydrogen (secondary N) is 3. The number of carbonyl (C=O) groups excluding carboxylic acids is 3. The van der Waals surface area contributed by atoms with Crippen molar-refractivity contribution in [2.24, 2.45) is 0 Å². The van der Waals surface area contributed by atoms with Gasteiger partial charge in [0, 0.05) is 31.2 Å². The number of hydrogen-bond donors (Lipinski definition) is 5. The molecule has 0 radical (unpaired) electrons. The van der Waals surface area contributed by atoms with Crippen molar-refractivity contribution in [1.82, 2.24) is 20.6 Å². The molecule has 0 saturated carbocycles. The molecule has 1 aliphatic rings. The quantitative estimate of drug-likeness (QED) is 0.300. The molecule has 2 amide bonds. The molecule has 1 aromatic heterocycles. The third-order valence-corrected chi connectivity index (χ3v) is 5.10. The maximum absolute atomic E-state index is 12.9. The lowest BCUT2D eigenvalue weighted by Crippen LogP contribution is -2.89. The van der Waals surface area contributed by atoms with E-state index in [0.717, 1.165) is 19.4 Å². The number of carbonyl (C=O) groups is 3. The summed E-state index contributed by atoms with van der Waals surface area (Å²) >= 11 is 0. The first kappa shape index (κ1) is 21.3. The topological polar surface area (TPSA) is 164 Å². The molecule has 3 atom stereocenters. The van der Waals surface area contributed by atoms with E-state index in [0.29, 0.717) is 11.3 Å². The zero-order chi connectivity index (χ0) is 21.5. The first-order chi connectivity index (χ1) is 14.4. The Morgan fingerprint density at radius 3 is 2.57 bits per heavy atom. The van der Waals surface area contributed by atoms with Gasteiger partial charge in [-0.25, -0.2) is 4.98 Å². The van der Waals surface area contributed by atoms with Gasteiger partial charge in [0.05, 0.1) is 24.9 Å². The van der Waals surface area contributed by atoms with E-state index in [1.807, 2.05) is 5.32 Å². The van der Waals surface area contributed by atoms with Crippen molar-refractivity contribution < 1.29 is 29.9 Å². The number of nitrogens with zero attached hydrogens (tertiary/aromatic N) is 1. The van der Waals surface area contributed by atoms with Crippen LogP contribution in [-0.2, 0) is 27.2 Å². The number of benzene rings is 1. The molecule has 160 valence electrons. The highest BCUT2D eigenvalue weighted by molar-refractivity contribution is 5.91. The van der Waals surface area contributed by atoms with E-state index in [4.69, 9.17) is 0 Å². The van der Waals surface area contributed by atoms with Crippen LogP contribution < -0.4 is 21.1 Å². The van der Waals surface area contributed by atoms with Crippen LogP contribution in [0.1, 0.15) is 24.1 Å². The van der Waals surface area contributed by atoms with Gasteiger partial charge in [0.2, 0.25) is 5.91 Å². The molecule has 1 aromatic carbocycles. The van der Waals surface area contributed by atoms with Gasteiger partial charge in [-0.1, -0.05) is 12.1 Å². The highest BCUT2D eigenvalue weighted by Gasteiger charge is 2.31. The normalized spacial score (nSPS) is 17.8. The molecule has 0 bridgehead atoms. The van der Waals surface area contributed by atoms with E-state index < -0.39 is 24.0 Å². The number of phenols is 1. The smallest absolute Gasteiger partial charge is 0.278 e. The fourth-order valence-electron chi connectivity index (χ4n) is 3.45.